The minimum atomic E-state index is -0.608. The Bertz CT molecular complexity index is 806. The van der Waals surface area contributed by atoms with Gasteiger partial charge < -0.3 is 20.6 Å². The first-order valence-corrected chi connectivity index (χ1v) is 6.70. The smallest absolute Gasteiger partial charge is 0.262 e. The normalized spacial score (nSPS) is 10.8. The minimum absolute atomic E-state index is 0.0544. The Morgan fingerprint density at radius 2 is 1.83 bits per heavy atom. The van der Waals surface area contributed by atoms with E-state index in [1.54, 1.807) is 24.3 Å². The SMILES string of the molecule is N#C/C(=C\c1ccc(O)c(O)c1)C(=O)NCc1ccccc1O. The van der Waals surface area contributed by atoms with Crippen LogP contribution in [0.3, 0.4) is 0 Å². The summed E-state index contributed by atoms with van der Waals surface area (Å²) in [6.45, 7) is 0.0748. The first-order valence-electron chi connectivity index (χ1n) is 6.70. The van der Waals surface area contributed by atoms with Crippen LogP contribution in [-0.4, -0.2) is 21.2 Å². The second kappa shape index (κ2) is 7.00. The number of phenols is 3. The van der Waals surface area contributed by atoms with E-state index in [-0.39, 0.29) is 29.4 Å². The van der Waals surface area contributed by atoms with Crippen LogP contribution in [0, 0.1) is 11.3 Å². The summed E-state index contributed by atoms with van der Waals surface area (Å²) >= 11 is 0. The molecular formula is C17H14N2O4. The number of phenolic OH excluding ortho intramolecular Hbond substituents is 3. The maximum Gasteiger partial charge on any atom is 0.262 e. The van der Waals surface area contributed by atoms with Crippen molar-refractivity contribution in [1.82, 2.24) is 5.32 Å². The molecule has 2 aromatic carbocycles. The number of aromatic hydroxyl groups is 3. The molecule has 0 radical (unpaired) electrons. The Kier molecular flexibility index (Phi) is 4.85. The molecule has 23 heavy (non-hydrogen) atoms. The summed E-state index contributed by atoms with van der Waals surface area (Å²) in [4.78, 5) is 12.0. The molecule has 116 valence electrons. The van der Waals surface area contributed by atoms with E-state index in [2.05, 4.69) is 5.32 Å². The van der Waals surface area contributed by atoms with E-state index >= 15 is 0 Å². The van der Waals surface area contributed by atoms with Gasteiger partial charge in [-0.25, -0.2) is 0 Å². The van der Waals surface area contributed by atoms with Crippen LogP contribution in [0.1, 0.15) is 11.1 Å². The Labute approximate surface area is 132 Å². The van der Waals surface area contributed by atoms with E-state index in [1.807, 2.05) is 0 Å². The van der Waals surface area contributed by atoms with E-state index in [4.69, 9.17) is 5.26 Å². The van der Waals surface area contributed by atoms with Gasteiger partial charge in [-0.1, -0.05) is 24.3 Å². The zero-order valence-electron chi connectivity index (χ0n) is 12.0. The average Bonchev–Trinajstić information content (AvgIpc) is 2.54. The Morgan fingerprint density at radius 1 is 1.09 bits per heavy atom. The second-order valence-corrected chi connectivity index (χ2v) is 4.73. The molecule has 0 aromatic heterocycles. The van der Waals surface area contributed by atoms with E-state index in [1.165, 1.54) is 30.3 Å². The monoisotopic (exact) mass is 310 g/mol. The summed E-state index contributed by atoms with van der Waals surface area (Å²) in [6, 6.07) is 12.3. The highest BCUT2D eigenvalue weighted by atomic mass is 16.3. The van der Waals surface area contributed by atoms with Crippen LogP contribution in [0.25, 0.3) is 6.08 Å². The van der Waals surface area contributed by atoms with Gasteiger partial charge in [-0.15, -0.1) is 0 Å². The van der Waals surface area contributed by atoms with Crippen LogP contribution in [0.15, 0.2) is 48.0 Å². The molecule has 0 saturated carbocycles. The zero-order valence-corrected chi connectivity index (χ0v) is 12.0. The van der Waals surface area contributed by atoms with Gasteiger partial charge in [0.15, 0.2) is 11.5 Å². The lowest BCUT2D eigenvalue weighted by atomic mass is 10.1. The fourth-order valence-electron chi connectivity index (χ4n) is 1.88. The lowest BCUT2D eigenvalue weighted by Crippen LogP contribution is -2.23. The van der Waals surface area contributed by atoms with Crippen LogP contribution in [0.5, 0.6) is 17.2 Å². The molecule has 0 aliphatic rings. The summed E-state index contributed by atoms with van der Waals surface area (Å²) in [5.41, 5.74) is 0.764. The van der Waals surface area contributed by atoms with Crippen LogP contribution in [0.2, 0.25) is 0 Å². The standard InChI is InChI=1S/C17H14N2O4/c18-9-13(7-11-5-6-15(21)16(22)8-11)17(23)19-10-12-3-1-2-4-14(12)20/h1-8,20-22H,10H2,(H,19,23)/b13-7+. The van der Waals surface area contributed by atoms with Gasteiger partial charge in [0.1, 0.15) is 17.4 Å². The van der Waals surface area contributed by atoms with Crippen LogP contribution < -0.4 is 5.32 Å². The highest BCUT2D eigenvalue weighted by Gasteiger charge is 2.10. The molecule has 4 N–H and O–H groups in total. The van der Waals surface area contributed by atoms with Gasteiger partial charge in [0.05, 0.1) is 0 Å². The van der Waals surface area contributed by atoms with Gasteiger partial charge in [-0.3, -0.25) is 4.79 Å². The first kappa shape index (κ1) is 15.9. The number of amides is 1. The van der Waals surface area contributed by atoms with E-state index < -0.39 is 5.91 Å². The molecule has 0 atom stereocenters. The topological polar surface area (TPSA) is 114 Å². The molecule has 6 nitrogen and oxygen atoms in total. The first-order chi connectivity index (χ1) is 11.0. The van der Waals surface area contributed by atoms with Crippen molar-refractivity contribution in [3.05, 3.63) is 59.2 Å². The third kappa shape index (κ3) is 4.02. The van der Waals surface area contributed by atoms with Gasteiger partial charge in [-0.05, 0) is 29.8 Å². The quantitative estimate of drug-likeness (QED) is 0.392. The number of benzene rings is 2. The largest absolute Gasteiger partial charge is 0.508 e. The van der Waals surface area contributed by atoms with Gasteiger partial charge in [0, 0.05) is 12.1 Å². The van der Waals surface area contributed by atoms with Crippen molar-refractivity contribution >= 4 is 12.0 Å². The Morgan fingerprint density at radius 3 is 2.48 bits per heavy atom. The molecule has 0 heterocycles. The van der Waals surface area contributed by atoms with Crippen molar-refractivity contribution in [1.29, 1.82) is 5.26 Å². The summed E-state index contributed by atoms with van der Waals surface area (Å²) in [5.74, 6) is -1.18. The molecule has 0 unspecified atom stereocenters. The summed E-state index contributed by atoms with van der Waals surface area (Å²) in [7, 11) is 0. The van der Waals surface area contributed by atoms with E-state index in [0.29, 0.717) is 11.1 Å². The average molecular weight is 310 g/mol. The minimum Gasteiger partial charge on any atom is -0.508 e. The van der Waals surface area contributed by atoms with Gasteiger partial charge in [0.25, 0.3) is 5.91 Å². The highest BCUT2D eigenvalue weighted by Crippen LogP contribution is 2.25. The number of hydrogen-bond donors (Lipinski definition) is 4. The Balaban J connectivity index is 2.12. The van der Waals surface area contributed by atoms with Crippen LogP contribution >= 0.6 is 0 Å². The van der Waals surface area contributed by atoms with Crippen molar-refractivity contribution in [3.63, 3.8) is 0 Å². The molecule has 0 fully saturated rings. The van der Waals surface area contributed by atoms with Crippen molar-refractivity contribution in [2.24, 2.45) is 0 Å². The zero-order chi connectivity index (χ0) is 16.8. The van der Waals surface area contributed by atoms with E-state index in [9.17, 15) is 20.1 Å². The lowest BCUT2D eigenvalue weighted by Gasteiger charge is -2.06. The highest BCUT2D eigenvalue weighted by molar-refractivity contribution is 6.01. The van der Waals surface area contributed by atoms with Crippen molar-refractivity contribution < 1.29 is 20.1 Å². The summed E-state index contributed by atoms with van der Waals surface area (Å²) in [5, 5.41) is 39.9. The molecule has 2 rings (SSSR count). The number of hydrogen-bond acceptors (Lipinski definition) is 5. The predicted octanol–water partition coefficient (Wildman–Crippen LogP) is 2.03. The number of carbonyl (C=O) groups excluding carboxylic acids is 1. The molecule has 0 aliphatic carbocycles. The maximum atomic E-state index is 12.0. The number of rotatable bonds is 4. The molecule has 0 aliphatic heterocycles. The second-order valence-electron chi connectivity index (χ2n) is 4.73. The Hall–Kier alpha value is -3.46. The molecule has 2 aromatic rings. The van der Waals surface area contributed by atoms with Crippen LogP contribution in [0.4, 0.5) is 0 Å². The third-order valence-corrected chi connectivity index (χ3v) is 3.11. The summed E-state index contributed by atoms with van der Waals surface area (Å²) < 4.78 is 0. The third-order valence-electron chi connectivity index (χ3n) is 3.11. The van der Waals surface area contributed by atoms with Crippen molar-refractivity contribution in [2.45, 2.75) is 6.54 Å². The van der Waals surface area contributed by atoms with Gasteiger partial charge in [0.2, 0.25) is 0 Å². The van der Waals surface area contributed by atoms with Gasteiger partial charge >= 0.3 is 0 Å². The molecule has 0 saturated heterocycles. The van der Waals surface area contributed by atoms with Crippen LogP contribution in [-0.2, 0) is 11.3 Å². The molecule has 0 spiro atoms. The summed E-state index contributed by atoms with van der Waals surface area (Å²) in [6.07, 6.45) is 1.29. The number of para-hydroxylation sites is 1. The molecule has 0 bridgehead atoms. The molecule has 1 amide bonds. The fourth-order valence-corrected chi connectivity index (χ4v) is 1.88. The van der Waals surface area contributed by atoms with Crippen molar-refractivity contribution in [2.75, 3.05) is 0 Å². The lowest BCUT2D eigenvalue weighted by molar-refractivity contribution is -0.117. The fraction of sp³-hybridized carbons (Fsp3) is 0.0588. The van der Waals surface area contributed by atoms with E-state index in [0.717, 1.165) is 0 Å². The number of nitriles is 1. The molecule has 6 heteroatoms. The maximum absolute atomic E-state index is 12.0. The number of nitrogens with one attached hydrogen (secondary N) is 1. The number of carbonyl (C=O) groups is 1. The molecular weight excluding hydrogens is 296 g/mol. The number of nitrogens with zero attached hydrogens (tertiary/aromatic N) is 1. The van der Waals surface area contributed by atoms with Crippen molar-refractivity contribution in [3.8, 4) is 23.3 Å². The van der Waals surface area contributed by atoms with Gasteiger partial charge in [-0.2, -0.15) is 5.26 Å². The predicted molar refractivity (Wildman–Crippen MR) is 83.3 cm³/mol.